The van der Waals surface area contributed by atoms with Gasteiger partial charge in [0, 0.05) is 5.56 Å². The second-order valence-corrected chi connectivity index (χ2v) is 11.1. The fourth-order valence-electron chi connectivity index (χ4n) is 4.72. The first-order valence-corrected chi connectivity index (χ1v) is 15.6. The number of aromatic nitrogens is 1. The minimum absolute atomic E-state index is 0.123. The van der Waals surface area contributed by atoms with Gasteiger partial charge in [0.05, 0.1) is 44.2 Å². The Hall–Kier alpha value is -4.38. The SMILES string of the molecule is CCCCOc1ccc(/C(O)=C2\C(=O)C(=O)N(c3nc(C)c(C(=O)OCC)s3)C2c2ccc(OCCCC)c(OC)c2)cc1. The first-order valence-electron chi connectivity index (χ1n) is 14.7. The Balaban J connectivity index is 1.84. The Morgan fingerprint density at radius 3 is 2.30 bits per heavy atom. The largest absolute Gasteiger partial charge is 0.507 e. The molecule has 1 aliphatic heterocycles. The van der Waals surface area contributed by atoms with Gasteiger partial charge < -0.3 is 24.1 Å². The van der Waals surface area contributed by atoms with Crippen molar-refractivity contribution in [3.8, 4) is 17.2 Å². The van der Waals surface area contributed by atoms with Crippen molar-refractivity contribution in [3.63, 3.8) is 0 Å². The molecule has 11 heteroatoms. The van der Waals surface area contributed by atoms with E-state index in [1.807, 2.05) is 0 Å². The predicted octanol–water partition coefficient (Wildman–Crippen LogP) is 6.62. The van der Waals surface area contributed by atoms with Gasteiger partial charge in [-0.25, -0.2) is 9.78 Å². The second kappa shape index (κ2) is 14.9. The average Bonchev–Trinajstić information content (AvgIpc) is 3.53. The number of aryl methyl sites for hydroxylation is 1. The number of hydrogen-bond donors (Lipinski definition) is 1. The summed E-state index contributed by atoms with van der Waals surface area (Å²) < 4.78 is 22.4. The van der Waals surface area contributed by atoms with Gasteiger partial charge in [-0.05, 0) is 68.7 Å². The standard InChI is InChI=1S/C33H38N2O8S/c1-6-9-17-42-23-14-11-21(12-15-23)28(36)26-27(22-13-16-24(25(19-22)40-5)43-18-10-7-2)35(31(38)29(26)37)33-34-20(4)30(44-33)32(39)41-8-3/h11-16,19,27,36H,6-10,17-18H2,1-5H3/b28-26+. The normalized spacial score (nSPS) is 15.8. The van der Waals surface area contributed by atoms with Gasteiger partial charge in [0.1, 0.15) is 16.4 Å². The monoisotopic (exact) mass is 622 g/mol. The van der Waals surface area contributed by atoms with E-state index < -0.39 is 23.7 Å². The zero-order valence-electron chi connectivity index (χ0n) is 25.7. The Bertz CT molecular complexity index is 1530. The van der Waals surface area contributed by atoms with E-state index in [1.165, 1.54) is 12.0 Å². The molecule has 2 aromatic carbocycles. The number of aliphatic hydroxyl groups excluding tert-OH is 1. The Morgan fingerprint density at radius 1 is 0.977 bits per heavy atom. The first kappa shape index (κ1) is 32.5. The number of aliphatic hydroxyl groups is 1. The summed E-state index contributed by atoms with van der Waals surface area (Å²) in [6.45, 7) is 8.70. The lowest BCUT2D eigenvalue weighted by atomic mass is 9.95. The van der Waals surface area contributed by atoms with Crippen molar-refractivity contribution in [2.75, 3.05) is 31.8 Å². The van der Waals surface area contributed by atoms with Crippen LogP contribution in [0.2, 0.25) is 0 Å². The molecule has 0 spiro atoms. The summed E-state index contributed by atoms with van der Waals surface area (Å²) in [4.78, 5) is 45.8. The number of ether oxygens (including phenoxy) is 4. The minimum atomic E-state index is -1.07. The van der Waals surface area contributed by atoms with E-state index in [1.54, 1.807) is 56.3 Å². The fraction of sp³-hybridized carbons (Fsp3) is 0.394. The van der Waals surface area contributed by atoms with Crippen molar-refractivity contribution in [1.29, 1.82) is 0 Å². The fourth-order valence-corrected chi connectivity index (χ4v) is 5.70. The van der Waals surface area contributed by atoms with Gasteiger partial charge in [-0.1, -0.05) is 44.1 Å². The maximum atomic E-state index is 13.7. The number of ketones is 1. The summed E-state index contributed by atoms with van der Waals surface area (Å²) in [5, 5.41) is 11.7. The smallest absolute Gasteiger partial charge is 0.350 e. The molecule has 0 aliphatic carbocycles. The molecular weight excluding hydrogens is 584 g/mol. The van der Waals surface area contributed by atoms with Crippen LogP contribution in [0.4, 0.5) is 5.13 Å². The van der Waals surface area contributed by atoms with E-state index in [0.717, 1.165) is 37.0 Å². The summed E-state index contributed by atoms with van der Waals surface area (Å²) >= 11 is 0.947. The number of methoxy groups -OCH3 is 1. The van der Waals surface area contributed by atoms with E-state index in [2.05, 4.69) is 18.8 Å². The third-order valence-corrected chi connectivity index (χ3v) is 8.19. The number of thiazole rings is 1. The molecule has 1 atom stereocenters. The van der Waals surface area contributed by atoms with E-state index in [-0.39, 0.29) is 27.9 Å². The maximum absolute atomic E-state index is 13.7. The van der Waals surface area contributed by atoms with Crippen LogP contribution in [0.5, 0.6) is 17.2 Å². The molecule has 1 fully saturated rings. The molecular formula is C33H38N2O8S. The summed E-state index contributed by atoms with van der Waals surface area (Å²) in [7, 11) is 1.50. The van der Waals surface area contributed by atoms with Crippen molar-refractivity contribution >= 4 is 39.9 Å². The molecule has 4 rings (SSSR count). The minimum Gasteiger partial charge on any atom is -0.507 e. The third-order valence-electron chi connectivity index (χ3n) is 7.05. The quantitative estimate of drug-likeness (QED) is 0.0694. The van der Waals surface area contributed by atoms with Gasteiger partial charge in [0.15, 0.2) is 16.6 Å². The van der Waals surface area contributed by atoms with E-state index >= 15 is 0 Å². The van der Waals surface area contributed by atoms with Crippen LogP contribution in [0.15, 0.2) is 48.0 Å². The number of Topliss-reactive ketones (excluding diaryl/α,β-unsaturated/α-hetero) is 1. The number of amides is 1. The zero-order valence-corrected chi connectivity index (χ0v) is 26.5. The van der Waals surface area contributed by atoms with Crippen molar-refractivity contribution < 1.29 is 38.4 Å². The number of nitrogens with zero attached hydrogens (tertiary/aromatic N) is 2. The predicted molar refractivity (Wildman–Crippen MR) is 168 cm³/mol. The van der Waals surface area contributed by atoms with Crippen LogP contribution in [-0.2, 0) is 14.3 Å². The van der Waals surface area contributed by atoms with Crippen LogP contribution >= 0.6 is 11.3 Å². The molecule has 1 amide bonds. The summed E-state index contributed by atoms with van der Waals surface area (Å²) in [5.74, 6) is -1.16. The molecule has 3 aromatic rings. The van der Waals surface area contributed by atoms with Gasteiger partial charge >= 0.3 is 11.9 Å². The van der Waals surface area contributed by atoms with Crippen molar-refractivity contribution in [2.45, 2.75) is 59.4 Å². The molecule has 10 nitrogen and oxygen atoms in total. The van der Waals surface area contributed by atoms with Gasteiger partial charge in [-0.2, -0.15) is 0 Å². The Morgan fingerprint density at radius 2 is 1.66 bits per heavy atom. The lowest BCUT2D eigenvalue weighted by molar-refractivity contribution is -0.132. The highest BCUT2D eigenvalue weighted by atomic mass is 32.1. The van der Waals surface area contributed by atoms with Crippen LogP contribution in [0.3, 0.4) is 0 Å². The maximum Gasteiger partial charge on any atom is 0.350 e. The number of benzene rings is 2. The molecule has 0 radical (unpaired) electrons. The van der Waals surface area contributed by atoms with E-state index in [0.29, 0.717) is 47.3 Å². The molecule has 2 heterocycles. The van der Waals surface area contributed by atoms with E-state index in [9.17, 15) is 19.5 Å². The Labute approximate surface area is 261 Å². The summed E-state index contributed by atoms with van der Waals surface area (Å²) in [5.41, 5.74) is 1.06. The molecule has 234 valence electrons. The number of carbonyl (C=O) groups excluding carboxylic acids is 3. The molecule has 0 saturated carbocycles. The Kier molecular flexibility index (Phi) is 11.0. The van der Waals surface area contributed by atoms with Gasteiger partial charge in [0.2, 0.25) is 0 Å². The van der Waals surface area contributed by atoms with Crippen molar-refractivity contribution in [3.05, 3.63) is 69.7 Å². The van der Waals surface area contributed by atoms with Crippen LogP contribution in [0, 0.1) is 6.92 Å². The van der Waals surface area contributed by atoms with E-state index in [4.69, 9.17) is 18.9 Å². The van der Waals surface area contributed by atoms with Crippen LogP contribution in [0.1, 0.15) is 79.0 Å². The first-order chi connectivity index (χ1) is 21.2. The summed E-state index contributed by atoms with van der Waals surface area (Å²) in [6, 6.07) is 10.7. The highest BCUT2D eigenvalue weighted by Gasteiger charge is 2.48. The second-order valence-electron chi connectivity index (χ2n) is 10.1. The van der Waals surface area contributed by atoms with Crippen LogP contribution < -0.4 is 19.1 Å². The molecule has 1 aliphatic rings. The number of esters is 1. The average molecular weight is 623 g/mol. The van der Waals surface area contributed by atoms with Crippen molar-refractivity contribution in [2.24, 2.45) is 0 Å². The molecule has 1 N–H and O–H groups in total. The number of carbonyl (C=O) groups is 3. The lowest BCUT2D eigenvalue weighted by Crippen LogP contribution is -2.29. The number of anilines is 1. The third kappa shape index (κ3) is 6.88. The molecule has 44 heavy (non-hydrogen) atoms. The molecule has 1 aromatic heterocycles. The summed E-state index contributed by atoms with van der Waals surface area (Å²) in [6.07, 6.45) is 3.72. The van der Waals surface area contributed by atoms with Gasteiger partial charge in [-0.3, -0.25) is 14.5 Å². The zero-order chi connectivity index (χ0) is 31.8. The highest BCUT2D eigenvalue weighted by molar-refractivity contribution is 7.17. The van der Waals surface area contributed by atoms with Crippen molar-refractivity contribution in [1.82, 2.24) is 4.98 Å². The van der Waals surface area contributed by atoms with Gasteiger partial charge in [0.25, 0.3) is 5.78 Å². The highest BCUT2D eigenvalue weighted by Crippen LogP contribution is 2.45. The topological polar surface area (TPSA) is 124 Å². The number of rotatable bonds is 14. The molecule has 0 bridgehead atoms. The molecule has 1 saturated heterocycles. The van der Waals surface area contributed by atoms with Crippen LogP contribution in [0.25, 0.3) is 5.76 Å². The van der Waals surface area contributed by atoms with Crippen LogP contribution in [-0.4, -0.2) is 54.7 Å². The van der Waals surface area contributed by atoms with Gasteiger partial charge in [-0.15, -0.1) is 0 Å². The number of hydrogen-bond acceptors (Lipinski definition) is 10. The lowest BCUT2D eigenvalue weighted by Gasteiger charge is -2.24. The number of unbranched alkanes of at least 4 members (excludes halogenated alkanes) is 2. The molecule has 1 unspecified atom stereocenters.